The van der Waals surface area contributed by atoms with E-state index in [1.54, 1.807) is 17.1 Å². The highest BCUT2D eigenvalue weighted by molar-refractivity contribution is 5.74. The predicted octanol–water partition coefficient (Wildman–Crippen LogP) is 2.60. The van der Waals surface area contributed by atoms with Gasteiger partial charge in [-0.25, -0.2) is 14.5 Å². The van der Waals surface area contributed by atoms with Gasteiger partial charge in [0.2, 0.25) is 0 Å². The summed E-state index contributed by atoms with van der Waals surface area (Å²) in [7, 11) is 0. The molecule has 0 atom stereocenters. The van der Waals surface area contributed by atoms with E-state index in [1.807, 2.05) is 29.3 Å². The normalized spacial score (nSPS) is 14.7. The zero-order chi connectivity index (χ0) is 20.1. The first-order chi connectivity index (χ1) is 14.2. The monoisotopic (exact) mass is 390 g/mol. The van der Waals surface area contributed by atoms with Gasteiger partial charge in [-0.15, -0.1) is 0 Å². The maximum Gasteiger partial charge on any atom is 0.317 e. The van der Waals surface area contributed by atoms with Gasteiger partial charge in [-0.2, -0.15) is 5.10 Å². The van der Waals surface area contributed by atoms with Crippen molar-refractivity contribution in [3.8, 4) is 5.82 Å². The summed E-state index contributed by atoms with van der Waals surface area (Å²) in [4.78, 5) is 21.3. The average molecular weight is 390 g/mol. The molecule has 1 aromatic carbocycles. The van der Waals surface area contributed by atoms with Gasteiger partial charge in [0, 0.05) is 63.4 Å². The summed E-state index contributed by atoms with van der Waals surface area (Å²) >= 11 is 0. The Hall–Kier alpha value is -3.19. The van der Waals surface area contributed by atoms with Crippen LogP contribution in [0.25, 0.3) is 5.82 Å². The van der Waals surface area contributed by atoms with Crippen molar-refractivity contribution in [1.82, 2.24) is 29.9 Å². The molecule has 1 saturated heterocycles. The molecule has 1 fully saturated rings. The molecule has 1 N–H and O–H groups in total. The number of pyridine rings is 1. The van der Waals surface area contributed by atoms with Crippen LogP contribution in [-0.2, 0) is 13.1 Å². The Labute approximate surface area is 171 Å². The fraction of sp³-hybridized carbons (Fsp3) is 0.318. The third-order valence-electron chi connectivity index (χ3n) is 5.17. The van der Waals surface area contributed by atoms with Crippen LogP contribution in [0.1, 0.15) is 16.7 Å². The number of hydrogen-bond donors (Lipinski definition) is 1. The number of urea groups is 1. The lowest BCUT2D eigenvalue weighted by atomic mass is 10.1. The van der Waals surface area contributed by atoms with E-state index in [1.165, 1.54) is 11.1 Å². The third kappa shape index (κ3) is 4.81. The fourth-order valence-corrected chi connectivity index (χ4v) is 3.63. The molecule has 0 aliphatic carbocycles. The molecule has 0 saturated carbocycles. The van der Waals surface area contributed by atoms with Crippen LogP contribution in [0.3, 0.4) is 0 Å². The van der Waals surface area contributed by atoms with E-state index in [2.05, 4.69) is 51.5 Å². The van der Waals surface area contributed by atoms with Crippen molar-refractivity contribution >= 4 is 6.03 Å². The number of nitrogens with zero attached hydrogens (tertiary/aromatic N) is 5. The Kier molecular flexibility index (Phi) is 5.86. The minimum Gasteiger partial charge on any atom is -0.334 e. The smallest absolute Gasteiger partial charge is 0.317 e. The molecule has 1 aliphatic heterocycles. The minimum absolute atomic E-state index is 0.0320. The van der Waals surface area contributed by atoms with E-state index in [0.29, 0.717) is 6.54 Å². The van der Waals surface area contributed by atoms with Gasteiger partial charge in [0.25, 0.3) is 0 Å². The topological polar surface area (TPSA) is 66.3 Å². The largest absolute Gasteiger partial charge is 0.334 e. The van der Waals surface area contributed by atoms with Gasteiger partial charge >= 0.3 is 6.03 Å². The van der Waals surface area contributed by atoms with Gasteiger partial charge in [-0.1, -0.05) is 35.9 Å². The van der Waals surface area contributed by atoms with Crippen LogP contribution >= 0.6 is 0 Å². The van der Waals surface area contributed by atoms with Crippen molar-refractivity contribution in [1.29, 1.82) is 0 Å². The zero-order valence-corrected chi connectivity index (χ0v) is 16.7. The first-order valence-electron chi connectivity index (χ1n) is 9.93. The number of aryl methyl sites for hydroxylation is 1. The third-order valence-corrected chi connectivity index (χ3v) is 5.17. The van der Waals surface area contributed by atoms with E-state index in [4.69, 9.17) is 0 Å². The maximum atomic E-state index is 12.6. The molecule has 3 heterocycles. The first-order valence-corrected chi connectivity index (χ1v) is 9.93. The highest BCUT2D eigenvalue weighted by Crippen LogP contribution is 2.12. The molecule has 4 rings (SSSR count). The number of benzene rings is 1. The second-order valence-electron chi connectivity index (χ2n) is 7.35. The van der Waals surface area contributed by atoms with Gasteiger partial charge in [0.15, 0.2) is 5.82 Å². The Bertz CT molecular complexity index is 947. The Morgan fingerprint density at radius 2 is 1.93 bits per heavy atom. The van der Waals surface area contributed by atoms with Crippen LogP contribution in [0.15, 0.2) is 61.1 Å². The van der Waals surface area contributed by atoms with E-state index >= 15 is 0 Å². The molecule has 0 bridgehead atoms. The quantitative estimate of drug-likeness (QED) is 0.727. The first kappa shape index (κ1) is 19.1. The van der Waals surface area contributed by atoms with Gasteiger partial charge in [0.05, 0.1) is 0 Å². The number of aromatic nitrogens is 3. The summed E-state index contributed by atoms with van der Waals surface area (Å²) < 4.78 is 1.71. The summed E-state index contributed by atoms with van der Waals surface area (Å²) in [6.45, 7) is 6.70. The molecular formula is C22H26N6O. The van der Waals surface area contributed by atoms with Crippen molar-refractivity contribution in [3.05, 3.63) is 77.7 Å². The molecule has 7 heteroatoms. The molecule has 2 amide bonds. The fourth-order valence-electron chi connectivity index (χ4n) is 3.63. The van der Waals surface area contributed by atoms with Crippen molar-refractivity contribution < 1.29 is 4.79 Å². The second kappa shape index (κ2) is 8.87. The zero-order valence-electron chi connectivity index (χ0n) is 16.7. The van der Waals surface area contributed by atoms with Gasteiger partial charge < -0.3 is 10.2 Å². The van der Waals surface area contributed by atoms with E-state index < -0.39 is 0 Å². The minimum atomic E-state index is -0.0320. The van der Waals surface area contributed by atoms with E-state index in [9.17, 15) is 4.79 Å². The van der Waals surface area contributed by atoms with E-state index in [-0.39, 0.29) is 6.03 Å². The number of rotatable bonds is 5. The average Bonchev–Trinajstić information content (AvgIpc) is 3.27. The number of amides is 2. The van der Waals surface area contributed by atoms with Crippen molar-refractivity contribution in [3.63, 3.8) is 0 Å². The highest BCUT2D eigenvalue weighted by atomic mass is 16.2. The molecule has 0 spiro atoms. The Morgan fingerprint density at radius 3 is 2.69 bits per heavy atom. The number of carbonyl (C=O) groups excluding carboxylic acids is 1. The summed E-state index contributed by atoms with van der Waals surface area (Å²) in [5, 5.41) is 7.27. The number of hydrogen-bond acceptors (Lipinski definition) is 4. The molecule has 3 aromatic rings. The molecular weight excluding hydrogens is 364 g/mol. The lowest BCUT2D eigenvalue weighted by Gasteiger charge is -2.34. The van der Waals surface area contributed by atoms with Crippen LogP contribution < -0.4 is 5.32 Å². The van der Waals surface area contributed by atoms with E-state index in [0.717, 1.165) is 44.1 Å². The van der Waals surface area contributed by atoms with Crippen LogP contribution in [0.2, 0.25) is 0 Å². The van der Waals surface area contributed by atoms with Gasteiger partial charge in [0.1, 0.15) is 0 Å². The summed E-state index contributed by atoms with van der Waals surface area (Å²) in [5.74, 6) is 0.737. The summed E-state index contributed by atoms with van der Waals surface area (Å²) in [5.41, 5.74) is 3.54. The van der Waals surface area contributed by atoms with Gasteiger partial charge in [-0.05, 0) is 24.6 Å². The van der Waals surface area contributed by atoms with Crippen LogP contribution in [0.4, 0.5) is 4.79 Å². The molecule has 7 nitrogen and oxygen atoms in total. The highest BCUT2D eigenvalue weighted by Gasteiger charge is 2.21. The van der Waals surface area contributed by atoms with Crippen LogP contribution in [-0.4, -0.2) is 56.8 Å². The SMILES string of the molecule is Cc1cccc(CN2CCN(C(=O)NCc3cccnc3-n3cccn3)CC2)c1. The second-order valence-corrected chi connectivity index (χ2v) is 7.35. The summed E-state index contributed by atoms with van der Waals surface area (Å²) in [6.07, 6.45) is 5.30. The molecule has 29 heavy (non-hydrogen) atoms. The van der Waals surface area contributed by atoms with Crippen molar-refractivity contribution in [2.45, 2.75) is 20.0 Å². The lowest BCUT2D eigenvalue weighted by Crippen LogP contribution is -2.51. The Balaban J connectivity index is 1.29. The van der Waals surface area contributed by atoms with Crippen molar-refractivity contribution in [2.24, 2.45) is 0 Å². The summed E-state index contributed by atoms with van der Waals surface area (Å²) in [6, 6.07) is 14.3. The Morgan fingerprint density at radius 1 is 1.07 bits per heavy atom. The van der Waals surface area contributed by atoms with Crippen LogP contribution in [0.5, 0.6) is 0 Å². The number of piperazine rings is 1. The molecule has 0 unspecified atom stereocenters. The predicted molar refractivity (Wildman–Crippen MR) is 112 cm³/mol. The maximum absolute atomic E-state index is 12.6. The molecule has 2 aromatic heterocycles. The lowest BCUT2D eigenvalue weighted by molar-refractivity contribution is 0.135. The molecule has 1 aliphatic rings. The molecule has 0 radical (unpaired) electrons. The van der Waals surface area contributed by atoms with Gasteiger partial charge in [-0.3, -0.25) is 4.90 Å². The van der Waals surface area contributed by atoms with Crippen LogP contribution in [0, 0.1) is 6.92 Å². The standard InChI is InChI=1S/C22H26N6O/c1-18-5-2-6-19(15-18)17-26-11-13-27(14-12-26)22(29)24-16-20-7-3-8-23-21(20)28-10-4-9-25-28/h2-10,15H,11-14,16-17H2,1H3,(H,24,29). The van der Waals surface area contributed by atoms with Crippen molar-refractivity contribution in [2.75, 3.05) is 26.2 Å². The molecule has 150 valence electrons. The number of nitrogens with one attached hydrogen (secondary N) is 1. The number of carbonyl (C=O) groups is 1.